The number of pyridine rings is 1. The normalized spacial score (nSPS) is 23.1. The molecule has 0 saturated carbocycles. The molecule has 5 nitrogen and oxygen atoms in total. The Bertz CT molecular complexity index is 428. The molecular formula is C15H23N3O2. The maximum atomic E-state index is 12.3. The quantitative estimate of drug-likeness (QED) is 0.828. The fraction of sp³-hybridized carbons (Fsp3) is 0.600. The van der Waals surface area contributed by atoms with Gasteiger partial charge in [-0.15, -0.1) is 0 Å². The maximum Gasteiger partial charge on any atom is 0.236 e. The van der Waals surface area contributed by atoms with Crippen molar-refractivity contribution in [1.82, 2.24) is 14.8 Å². The molecule has 1 amide bonds. The smallest absolute Gasteiger partial charge is 0.236 e. The Morgan fingerprint density at radius 1 is 1.35 bits per heavy atom. The van der Waals surface area contributed by atoms with E-state index in [1.807, 2.05) is 42.8 Å². The molecule has 5 heteroatoms. The van der Waals surface area contributed by atoms with Crippen molar-refractivity contribution in [2.24, 2.45) is 0 Å². The Balaban J connectivity index is 1.84. The lowest BCUT2D eigenvalue weighted by molar-refractivity contribution is -0.144. The number of ether oxygens (including phenoxy) is 1. The van der Waals surface area contributed by atoms with Gasteiger partial charge in [-0.25, -0.2) is 0 Å². The van der Waals surface area contributed by atoms with Gasteiger partial charge in [-0.2, -0.15) is 0 Å². The molecule has 0 aliphatic carbocycles. The molecule has 0 spiro atoms. The monoisotopic (exact) mass is 277 g/mol. The average molecular weight is 277 g/mol. The first kappa shape index (κ1) is 14.9. The highest BCUT2D eigenvalue weighted by molar-refractivity contribution is 5.78. The lowest BCUT2D eigenvalue weighted by Crippen LogP contribution is -2.50. The molecule has 1 aliphatic heterocycles. The third kappa shape index (κ3) is 4.28. The molecule has 0 bridgehead atoms. The zero-order chi connectivity index (χ0) is 14.5. The predicted octanol–water partition coefficient (Wildman–Crippen LogP) is 1.15. The van der Waals surface area contributed by atoms with Crippen LogP contribution in [0.2, 0.25) is 0 Å². The number of amides is 1. The summed E-state index contributed by atoms with van der Waals surface area (Å²) in [4.78, 5) is 20.2. The van der Waals surface area contributed by atoms with Crippen LogP contribution < -0.4 is 0 Å². The molecule has 2 atom stereocenters. The van der Waals surface area contributed by atoms with Crippen molar-refractivity contribution in [3.05, 3.63) is 30.1 Å². The van der Waals surface area contributed by atoms with E-state index in [9.17, 15) is 4.79 Å². The molecule has 0 N–H and O–H groups in total. The summed E-state index contributed by atoms with van der Waals surface area (Å²) in [5, 5.41) is 0. The Hall–Kier alpha value is -1.46. The van der Waals surface area contributed by atoms with E-state index in [1.165, 1.54) is 5.56 Å². The van der Waals surface area contributed by atoms with Crippen LogP contribution in [0.25, 0.3) is 0 Å². The highest BCUT2D eigenvalue weighted by Crippen LogP contribution is 2.11. The molecule has 1 saturated heterocycles. The lowest BCUT2D eigenvalue weighted by atomic mass is 10.2. The van der Waals surface area contributed by atoms with Gasteiger partial charge in [0.05, 0.1) is 18.8 Å². The van der Waals surface area contributed by atoms with E-state index in [4.69, 9.17) is 4.74 Å². The third-order valence-electron chi connectivity index (χ3n) is 3.38. The number of aromatic nitrogens is 1. The second-order valence-electron chi connectivity index (χ2n) is 5.58. The molecule has 0 aromatic carbocycles. The van der Waals surface area contributed by atoms with Gasteiger partial charge in [0.2, 0.25) is 5.91 Å². The maximum absolute atomic E-state index is 12.3. The fourth-order valence-electron chi connectivity index (χ4n) is 2.57. The van der Waals surface area contributed by atoms with Gasteiger partial charge in [0.25, 0.3) is 0 Å². The highest BCUT2D eigenvalue weighted by Gasteiger charge is 2.26. The minimum absolute atomic E-state index is 0.119. The van der Waals surface area contributed by atoms with Gasteiger partial charge in [0, 0.05) is 32.0 Å². The number of carbonyl (C=O) groups is 1. The van der Waals surface area contributed by atoms with Crippen LogP contribution in [0.4, 0.5) is 0 Å². The first-order valence-corrected chi connectivity index (χ1v) is 7.05. The standard InChI is InChI=1S/C15H23N3O2/c1-12-8-18(9-13(2)20-12)15(19)11-17(3)10-14-4-6-16-7-5-14/h4-7,12-13H,8-11H2,1-3H3. The first-order chi connectivity index (χ1) is 9.54. The Labute approximate surface area is 120 Å². The molecule has 2 unspecified atom stereocenters. The number of carbonyl (C=O) groups excluding carboxylic acids is 1. The predicted molar refractivity (Wildman–Crippen MR) is 77.2 cm³/mol. The van der Waals surface area contributed by atoms with E-state index in [0.717, 1.165) is 6.54 Å². The van der Waals surface area contributed by atoms with Gasteiger partial charge >= 0.3 is 0 Å². The van der Waals surface area contributed by atoms with Crippen LogP contribution in [0.15, 0.2) is 24.5 Å². The van der Waals surface area contributed by atoms with Gasteiger partial charge in [-0.05, 0) is 38.6 Å². The molecular weight excluding hydrogens is 254 g/mol. The average Bonchev–Trinajstić information content (AvgIpc) is 2.38. The van der Waals surface area contributed by atoms with Crippen molar-refractivity contribution < 1.29 is 9.53 Å². The number of hydrogen-bond acceptors (Lipinski definition) is 4. The van der Waals surface area contributed by atoms with Crippen molar-refractivity contribution >= 4 is 5.91 Å². The minimum atomic E-state index is 0.119. The molecule has 1 aromatic rings. The largest absolute Gasteiger partial charge is 0.372 e. The summed E-state index contributed by atoms with van der Waals surface area (Å²) in [5.74, 6) is 0.170. The molecule has 1 fully saturated rings. The van der Waals surface area contributed by atoms with Gasteiger partial charge in [-0.3, -0.25) is 14.7 Å². The summed E-state index contributed by atoms with van der Waals surface area (Å²) in [7, 11) is 1.96. The molecule has 2 heterocycles. The van der Waals surface area contributed by atoms with Crippen LogP contribution in [-0.4, -0.2) is 59.6 Å². The summed E-state index contributed by atoms with van der Waals surface area (Å²) < 4.78 is 5.65. The van der Waals surface area contributed by atoms with Crippen molar-refractivity contribution in [1.29, 1.82) is 0 Å². The molecule has 20 heavy (non-hydrogen) atoms. The van der Waals surface area contributed by atoms with Crippen LogP contribution in [0.1, 0.15) is 19.4 Å². The Morgan fingerprint density at radius 2 is 1.95 bits per heavy atom. The zero-order valence-electron chi connectivity index (χ0n) is 12.5. The highest BCUT2D eigenvalue weighted by atomic mass is 16.5. The molecule has 2 rings (SSSR count). The van der Waals surface area contributed by atoms with E-state index < -0.39 is 0 Å². The van der Waals surface area contributed by atoms with Crippen LogP contribution in [0.3, 0.4) is 0 Å². The number of likely N-dealkylation sites (N-methyl/N-ethyl adjacent to an activating group) is 1. The Morgan fingerprint density at radius 3 is 2.55 bits per heavy atom. The van der Waals surface area contributed by atoms with Crippen LogP contribution in [-0.2, 0) is 16.1 Å². The van der Waals surface area contributed by atoms with E-state index in [0.29, 0.717) is 19.6 Å². The second kappa shape index (κ2) is 6.81. The van der Waals surface area contributed by atoms with Crippen LogP contribution in [0.5, 0.6) is 0 Å². The SMILES string of the molecule is CC1CN(C(=O)CN(C)Cc2ccncc2)CC(C)O1. The number of rotatable bonds is 4. The van der Waals surface area contributed by atoms with E-state index in [2.05, 4.69) is 4.98 Å². The molecule has 110 valence electrons. The van der Waals surface area contributed by atoms with Gasteiger partial charge < -0.3 is 9.64 Å². The summed E-state index contributed by atoms with van der Waals surface area (Å²) in [6.45, 7) is 6.58. The van der Waals surface area contributed by atoms with E-state index in [1.54, 1.807) is 12.4 Å². The van der Waals surface area contributed by atoms with Crippen LogP contribution in [0, 0.1) is 0 Å². The summed E-state index contributed by atoms with van der Waals surface area (Å²) >= 11 is 0. The van der Waals surface area contributed by atoms with Crippen molar-refractivity contribution in [2.75, 3.05) is 26.7 Å². The van der Waals surface area contributed by atoms with Crippen molar-refractivity contribution in [3.8, 4) is 0 Å². The van der Waals surface area contributed by atoms with Crippen molar-refractivity contribution in [2.45, 2.75) is 32.6 Å². The number of morpholine rings is 1. The number of nitrogens with zero attached hydrogens (tertiary/aromatic N) is 3. The topological polar surface area (TPSA) is 45.7 Å². The van der Waals surface area contributed by atoms with Gasteiger partial charge in [0.1, 0.15) is 0 Å². The lowest BCUT2D eigenvalue weighted by Gasteiger charge is -2.36. The van der Waals surface area contributed by atoms with Gasteiger partial charge in [0.15, 0.2) is 0 Å². The number of hydrogen-bond donors (Lipinski definition) is 0. The van der Waals surface area contributed by atoms with Gasteiger partial charge in [-0.1, -0.05) is 0 Å². The second-order valence-corrected chi connectivity index (χ2v) is 5.58. The van der Waals surface area contributed by atoms with Crippen molar-refractivity contribution in [3.63, 3.8) is 0 Å². The molecule has 1 aliphatic rings. The van der Waals surface area contributed by atoms with Crippen LogP contribution >= 0.6 is 0 Å². The Kier molecular flexibility index (Phi) is 5.09. The molecule has 0 radical (unpaired) electrons. The summed E-state index contributed by atoms with van der Waals surface area (Å²) in [6.07, 6.45) is 3.79. The third-order valence-corrected chi connectivity index (χ3v) is 3.38. The summed E-state index contributed by atoms with van der Waals surface area (Å²) in [6, 6.07) is 3.94. The first-order valence-electron chi connectivity index (χ1n) is 7.05. The minimum Gasteiger partial charge on any atom is -0.372 e. The van der Waals surface area contributed by atoms with E-state index in [-0.39, 0.29) is 18.1 Å². The molecule has 1 aromatic heterocycles. The van der Waals surface area contributed by atoms with E-state index >= 15 is 0 Å². The summed E-state index contributed by atoms with van der Waals surface area (Å²) in [5.41, 5.74) is 1.17. The zero-order valence-corrected chi connectivity index (χ0v) is 12.5. The fourth-order valence-corrected chi connectivity index (χ4v) is 2.57.